The summed E-state index contributed by atoms with van der Waals surface area (Å²) in [7, 11) is 1.96. The fourth-order valence-electron chi connectivity index (χ4n) is 1.65. The molecule has 0 atom stereocenters. The summed E-state index contributed by atoms with van der Waals surface area (Å²) in [4.78, 5) is 4.29. The Kier molecular flexibility index (Phi) is 3.74. The monoisotopic (exact) mass is 234 g/mol. The van der Waals surface area contributed by atoms with Gasteiger partial charge >= 0.3 is 0 Å². The first-order valence-electron chi connectivity index (χ1n) is 5.89. The third-order valence-corrected chi connectivity index (χ3v) is 2.63. The van der Waals surface area contributed by atoms with Crippen molar-refractivity contribution >= 4 is 5.95 Å². The number of anilines is 1. The summed E-state index contributed by atoms with van der Waals surface area (Å²) in [5, 5.41) is 11.2. The van der Waals surface area contributed by atoms with Crippen LogP contribution in [0.1, 0.15) is 19.2 Å². The van der Waals surface area contributed by atoms with Crippen molar-refractivity contribution in [1.82, 2.24) is 24.3 Å². The lowest BCUT2D eigenvalue weighted by Crippen LogP contribution is -2.10. The number of aryl methyl sites for hydroxylation is 3. The molecule has 0 unspecified atom stereocenters. The second-order valence-corrected chi connectivity index (χ2v) is 3.98. The molecule has 0 radical (unpaired) electrons. The van der Waals surface area contributed by atoms with Gasteiger partial charge in [-0.25, -0.2) is 4.98 Å². The van der Waals surface area contributed by atoms with Crippen molar-refractivity contribution in [2.75, 3.05) is 11.9 Å². The van der Waals surface area contributed by atoms with Gasteiger partial charge in [0.25, 0.3) is 0 Å². The van der Waals surface area contributed by atoms with Crippen molar-refractivity contribution in [2.45, 2.75) is 26.3 Å². The highest BCUT2D eigenvalue weighted by Gasteiger charge is 2.04. The lowest BCUT2D eigenvalue weighted by atomic mass is 10.4. The molecule has 0 aliphatic heterocycles. The van der Waals surface area contributed by atoms with Crippen LogP contribution in [0, 0.1) is 0 Å². The molecule has 2 rings (SSSR count). The van der Waals surface area contributed by atoms with Crippen molar-refractivity contribution < 1.29 is 0 Å². The van der Waals surface area contributed by atoms with E-state index < -0.39 is 0 Å². The van der Waals surface area contributed by atoms with Gasteiger partial charge in [0.2, 0.25) is 5.95 Å². The smallest absolute Gasteiger partial charge is 0.202 e. The lowest BCUT2D eigenvalue weighted by molar-refractivity contribution is 0.651. The van der Waals surface area contributed by atoms with Gasteiger partial charge in [-0.2, -0.15) is 0 Å². The summed E-state index contributed by atoms with van der Waals surface area (Å²) < 4.78 is 4.04. The van der Waals surface area contributed by atoms with Crippen LogP contribution >= 0.6 is 0 Å². The number of rotatable bonds is 6. The van der Waals surface area contributed by atoms with Crippen molar-refractivity contribution in [3.8, 4) is 0 Å². The van der Waals surface area contributed by atoms with E-state index in [1.54, 1.807) is 6.33 Å². The Morgan fingerprint density at radius 3 is 3.00 bits per heavy atom. The Hall–Kier alpha value is -1.85. The van der Waals surface area contributed by atoms with E-state index >= 15 is 0 Å². The maximum absolute atomic E-state index is 4.29. The van der Waals surface area contributed by atoms with Gasteiger partial charge in [0, 0.05) is 39.0 Å². The molecule has 6 nitrogen and oxygen atoms in total. The zero-order valence-corrected chi connectivity index (χ0v) is 10.3. The predicted molar refractivity (Wildman–Crippen MR) is 65.7 cm³/mol. The Morgan fingerprint density at radius 1 is 1.41 bits per heavy atom. The fraction of sp³-hybridized carbons (Fsp3) is 0.545. The minimum atomic E-state index is 0.855. The molecular weight excluding hydrogens is 216 g/mol. The molecule has 6 heteroatoms. The Bertz CT molecular complexity index is 458. The second-order valence-electron chi connectivity index (χ2n) is 3.98. The molecule has 17 heavy (non-hydrogen) atoms. The highest BCUT2D eigenvalue weighted by molar-refractivity contribution is 5.25. The van der Waals surface area contributed by atoms with Gasteiger partial charge in [-0.1, -0.05) is 6.92 Å². The number of hydrogen-bond donors (Lipinski definition) is 1. The topological polar surface area (TPSA) is 60.6 Å². The highest BCUT2D eigenvalue weighted by atomic mass is 15.3. The summed E-state index contributed by atoms with van der Waals surface area (Å²) in [6.45, 7) is 3.94. The van der Waals surface area contributed by atoms with Crippen LogP contribution in [0.5, 0.6) is 0 Å². The molecule has 1 N–H and O–H groups in total. The third-order valence-electron chi connectivity index (χ3n) is 2.63. The SMILES string of the molecule is CCCNc1nccn1CCc1nncn1C. The van der Waals surface area contributed by atoms with Gasteiger partial charge < -0.3 is 14.5 Å². The van der Waals surface area contributed by atoms with Crippen molar-refractivity contribution in [1.29, 1.82) is 0 Å². The van der Waals surface area contributed by atoms with Crippen LogP contribution in [0.2, 0.25) is 0 Å². The highest BCUT2D eigenvalue weighted by Crippen LogP contribution is 2.06. The molecule has 2 aromatic heterocycles. The first-order chi connectivity index (χ1) is 8.31. The molecule has 0 amide bonds. The number of nitrogens with zero attached hydrogens (tertiary/aromatic N) is 5. The molecule has 92 valence electrons. The standard InChI is InChI=1S/C11H18N6/c1-3-5-12-11-13-6-8-17(11)7-4-10-15-14-9-16(10)2/h6,8-9H,3-5,7H2,1-2H3,(H,12,13). The zero-order chi connectivity index (χ0) is 12.1. The Labute approximate surface area is 101 Å². The molecule has 0 fully saturated rings. The minimum Gasteiger partial charge on any atom is -0.356 e. The second kappa shape index (κ2) is 5.47. The molecule has 0 spiro atoms. The summed E-state index contributed by atoms with van der Waals surface area (Å²) in [6, 6.07) is 0. The zero-order valence-electron chi connectivity index (χ0n) is 10.3. The Morgan fingerprint density at radius 2 is 2.29 bits per heavy atom. The van der Waals surface area contributed by atoms with Gasteiger partial charge in [0.1, 0.15) is 12.2 Å². The largest absolute Gasteiger partial charge is 0.356 e. The maximum atomic E-state index is 4.29. The maximum Gasteiger partial charge on any atom is 0.202 e. The lowest BCUT2D eigenvalue weighted by Gasteiger charge is -2.08. The molecular formula is C11H18N6. The molecule has 2 heterocycles. The van der Waals surface area contributed by atoms with Gasteiger partial charge in [-0.15, -0.1) is 10.2 Å². The predicted octanol–water partition coefficient (Wildman–Crippen LogP) is 1.08. The normalized spacial score (nSPS) is 10.7. The van der Waals surface area contributed by atoms with Crippen LogP contribution in [-0.4, -0.2) is 30.9 Å². The molecule has 0 aliphatic rings. The van der Waals surface area contributed by atoms with Gasteiger partial charge in [-0.05, 0) is 6.42 Å². The van der Waals surface area contributed by atoms with Gasteiger partial charge in [-0.3, -0.25) is 0 Å². The molecule has 0 aromatic carbocycles. The van der Waals surface area contributed by atoms with E-state index in [2.05, 4.69) is 32.0 Å². The molecule has 2 aromatic rings. The summed E-state index contributed by atoms with van der Waals surface area (Å²) in [6.07, 6.45) is 7.46. The number of nitrogens with one attached hydrogen (secondary N) is 1. The third kappa shape index (κ3) is 2.83. The number of imidazole rings is 1. The average molecular weight is 234 g/mol. The number of hydrogen-bond acceptors (Lipinski definition) is 4. The molecule has 0 saturated heterocycles. The average Bonchev–Trinajstić information content (AvgIpc) is 2.93. The van der Waals surface area contributed by atoms with Gasteiger partial charge in [0.05, 0.1) is 0 Å². The first-order valence-corrected chi connectivity index (χ1v) is 5.89. The van der Waals surface area contributed by atoms with E-state index in [0.717, 1.165) is 37.7 Å². The quantitative estimate of drug-likeness (QED) is 0.812. The molecule has 0 bridgehead atoms. The van der Waals surface area contributed by atoms with E-state index in [1.807, 2.05) is 24.0 Å². The van der Waals surface area contributed by atoms with Gasteiger partial charge in [0.15, 0.2) is 0 Å². The summed E-state index contributed by atoms with van der Waals surface area (Å²) >= 11 is 0. The van der Waals surface area contributed by atoms with Crippen LogP contribution in [0.15, 0.2) is 18.7 Å². The van der Waals surface area contributed by atoms with E-state index in [4.69, 9.17) is 0 Å². The number of aromatic nitrogens is 5. The molecule has 0 saturated carbocycles. The fourth-order valence-corrected chi connectivity index (χ4v) is 1.65. The van der Waals surface area contributed by atoms with Crippen LogP contribution < -0.4 is 5.32 Å². The Balaban J connectivity index is 1.95. The summed E-state index contributed by atoms with van der Waals surface area (Å²) in [5.41, 5.74) is 0. The first kappa shape index (κ1) is 11.6. The van der Waals surface area contributed by atoms with E-state index in [0.29, 0.717) is 0 Å². The summed E-state index contributed by atoms with van der Waals surface area (Å²) in [5.74, 6) is 1.91. The van der Waals surface area contributed by atoms with E-state index in [-0.39, 0.29) is 0 Å². The van der Waals surface area contributed by atoms with Crippen molar-refractivity contribution in [2.24, 2.45) is 7.05 Å². The van der Waals surface area contributed by atoms with Crippen LogP contribution in [0.4, 0.5) is 5.95 Å². The van der Waals surface area contributed by atoms with Crippen LogP contribution in [0.3, 0.4) is 0 Å². The van der Waals surface area contributed by atoms with E-state index in [9.17, 15) is 0 Å². The van der Waals surface area contributed by atoms with Crippen LogP contribution in [0.25, 0.3) is 0 Å². The van der Waals surface area contributed by atoms with E-state index in [1.165, 1.54) is 0 Å². The van der Waals surface area contributed by atoms with Crippen molar-refractivity contribution in [3.05, 3.63) is 24.5 Å². The van der Waals surface area contributed by atoms with Crippen LogP contribution in [-0.2, 0) is 20.0 Å². The minimum absolute atomic E-state index is 0.855. The van der Waals surface area contributed by atoms with Crippen molar-refractivity contribution in [3.63, 3.8) is 0 Å². The molecule has 0 aliphatic carbocycles.